The molecule has 0 bridgehead atoms. The fraction of sp³-hybridized carbons (Fsp3) is 0.214. The van der Waals surface area contributed by atoms with E-state index in [1.807, 2.05) is 12.1 Å². The van der Waals surface area contributed by atoms with Crippen molar-refractivity contribution in [2.75, 3.05) is 0 Å². The second kappa shape index (κ2) is 9.23. The zero-order valence-electron chi connectivity index (χ0n) is 18.9. The van der Waals surface area contributed by atoms with Gasteiger partial charge in [-0.2, -0.15) is 0 Å². The summed E-state index contributed by atoms with van der Waals surface area (Å²) in [5.74, 6) is -0.685. The molecule has 3 aromatic carbocycles. The molecule has 0 aliphatic carbocycles. The summed E-state index contributed by atoms with van der Waals surface area (Å²) in [5, 5.41) is 11.7. The predicted octanol–water partition coefficient (Wildman–Crippen LogP) is 5.51. The maximum Gasteiger partial charge on any atom is 0.258 e. The third-order valence-corrected chi connectivity index (χ3v) is 6.34. The van der Waals surface area contributed by atoms with Crippen molar-refractivity contribution in [3.8, 4) is 5.75 Å². The average Bonchev–Trinajstić information content (AvgIpc) is 3.19. The Labute approximate surface area is 197 Å². The highest BCUT2D eigenvalue weighted by molar-refractivity contribution is 6.07. The molecule has 34 heavy (non-hydrogen) atoms. The van der Waals surface area contributed by atoms with Gasteiger partial charge in [-0.1, -0.05) is 49.4 Å². The second-order valence-corrected chi connectivity index (χ2v) is 8.53. The topological polar surface area (TPSA) is 62.7 Å². The number of hydrogen-bond donors (Lipinski definition) is 1. The van der Waals surface area contributed by atoms with Gasteiger partial charge in [-0.15, -0.1) is 0 Å². The van der Waals surface area contributed by atoms with Gasteiger partial charge in [0.15, 0.2) is 5.75 Å². The number of pyridine rings is 1. The molecule has 1 aliphatic heterocycles. The van der Waals surface area contributed by atoms with Gasteiger partial charge in [0.25, 0.3) is 5.91 Å². The van der Waals surface area contributed by atoms with Crippen molar-refractivity contribution in [3.63, 3.8) is 0 Å². The molecule has 5 nitrogen and oxygen atoms in total. The highest BCUT2D eigenvalue weighted by atomic mass is 19.1. The minimum Gasteiger partial charge on any atom is -0.505 e. The smallest absolute Gasteiger partial charge is 0.258 e. The zero-order chi connectivity index (χ0) is 23.7. The standard InChI is InChI=1S/C28H25FN2O3/c1-2-18-5-7-20(8-6-18)16-34-17-24-22-4-3-13-30-26(22)27(32)25-23(24)15-31(28(25)33)14-19-9-11-21(29)12-10-19/h3-13,32H,2,14-17H2,1H3. The van der Waals surface area contributed by atoms with Crippen LogP contribution in [-0.2, 0) is 37.5 Å². The molecular weight excluding hydrogens is 431 g/mol. The molecule has 5 rings (SSSR count). The number of halogens is 1. The van der Waals surface area contributed by atoms with E-state index < -0.39 is 0 Å². The molecule has 0 fully saturated rings. The van der Waals surface area contributed by atoms with E-state index in [1.54, 1.807) is 23.2 Å². The minimum absolute atomic E-state index is 0.101. The fourth-order valence-electron chi connectivity index (χ4n) is 4.48. The van der Waals surface area contributed by atoms with Gasteiger partial charge < -0.3 is 14.7 Å². The Morgan fingerprint density at radius 1 is 1.00 bits per heavy atom. The van der Waals surface area contributed by atoms with Crippen molar-refractivity contribution in [1.82, 2.24) is 9.88 Å². The van der Waals surface area contributed by atoms with Gasteiger partial charge in [0, 0.05) is 24.7 Å². The molecule has 172 valence electrons. The number of aromatic nitrogens is 1. The Hall–Kier alpha value is -3.77. The van der Waals surface area contributed by atoms with Gasteiger partial charge in [-0.3, -0.25) is 9.78 Å². The summed E-state index contributed by atoms with van der Waals surface area (Å²) in [6.07, 6.45) is 2.59. The molecule has 1 N–H and O–H groups in total. The number of aromatic hydroxyl groups is 1. The number of rotatable bonds is 7. The quantitative estimate of drug-likeness (QED) is 0.398. The summed E-state index contributed by atoms with van der Waals surface area (Å²) in [7, 11) is 0. The van der Waals surface area contributed by atoms with Crippen LogP contribution in [0, 0.1) is 5.82 Å². The average molecular weight is 457 g/mol. The second-order valence-electron chi connectivity index (χ2n) is 8.53. The van der Waals surface area contributed by atoms with Crippen LogP contribution in [0.4, 0.5) is 4.39 Å². The lowest BCUT2D eigenvalue weighted by Crippen LogP contribution is -2.23. The van der Waals surface area contributed by atoms with Crippen LogP contribution in [-0.4, -0.2) is 20.9 Å². The highest BCUT2D eigenvalue weighted by Gasteiger charge is 2.34. The first kappa shape index (κ1) is 22.0. The molecular formula is C28H25FN2O3. The van der Waals surface area contributed by atoms with E-state index in [0.717, 1.165) is 34.1 Å². The molecule has 1 aliphatic rings. The van der Waals surface area contributed by atoms with Crippen LogP contribution in [0.3, 0.4) is 0 Å². The Morgan fingerprint density at radius 3 is 2.44 bits per heavy atom. The Kier molecular flexibility index (Phi) is 5.99. The summed E-state index contributed by atoms with van der Waals surface area (Å²) >= 11 is 0. The summed E-state index contributed by atoms with van der Waals surface area (Å²) in [4.78, 5) is 19.3. The summed E-state index contributed by atoms with van der Waals surface area (Å²) < 4.78 is 19.4. The van der Waals surface area contributed by atoms with Crippen molar-refractivity contribution in [1.29, 1.82) is 0 Å². The fourth-order valence-corrected chi connectivity index (χ4v) is 4.48. The molecule has 2 heterocycles. The van der Waals surface area contributed by atoms with E-state index >= 15 is 0 Å². The Morgan fingerprint density at radius 2 is 1.71 bits per heavy atom. The number of ether oxygens (including phenoxy) is 1. The normalized spacial score (nSPS) is 13.0. The van der Waals surface area contributed by atoms with Crippen LogP contribution in [0.25, 0.3) is 10.9 Å². The molecule has 0 radical (unpaired) electrons. The number of fused-ring (bicyclic) bond motifs is 2. The number of benzene rings is 3. The van der Waals surface area contributed by atoms with E-state index in [-0.39, 0.29) is 29.6 Å². The van der Waals surface area contributed by atoms with Gasteiger partial charge in [-0.25, -0.2) is 4.39 Å². The van der Waals surface area contributed by atoms with Crippen LogP contribution in [0.15, 0.2) is 66.9 Å². The molecule has 0 atom stereocenters. The number of amides is 1. The van der Waals surface area contributed by atoms with E-state index in [4.69, 9.17) is 4.74 Å². The first-order valence-corrected chi connectivity index (χ1v) is 11.4. The van der Waals surface area contributed by atoms with E-state index in [9.17, 15) is 14.3 Å². The van der Waals surface area contributed by atoms with Gasteiger partial charge >= 0.3 is 0 Å². The van der Waals surface area contributed by atoms with Crippen molar-refractivity contribution < 1.29 is 19.0 Å². The summed E-state index contributed by atoms with van der Waals surface area (Å²) in [6, 6.07) is 18.1. The van der Waals surface area contributed by atoms with Crippen molar-refractivity contribution in [2.45, 2.75) is 39.6 Å². The SMILES string of the molecule is CCc1ccc(COCc2c3c(c(O)c4ncccc24)C(=O)N(Cc2ccc(F)cc2)C3)cc1. The van der Waals surface area contributed by atoms with Crippen molar-refractivity contribution >= 4 is 16.8 Å². The minimum atomic E-state index is -0.321. The molecule has 0 spiro atoms. The first-order chi connectivity index (χ1) is 16.5. The highest BCUT2D eigenvalue weighted by Crippen LogP contribution is 2.40. The third kappa shape index (κ3) is 4.13. The largest absolute Gasteiger partial charge is 0.505 e. The van der Waals surface area contributed by atoms with Gasteiger partial charge in [0.1, 0.15) is 11.3 Å². The van der Waals surface area contributed by atoms with Gasteiger partial charge in [0.2, 0.25) is 0 Å². The molecule has 0 unspecified atom stereocenters. The number of phenols is 1. The maximum absolute atomic E-state index is 13.3. The van der Waals surface area contributed by atoms with Crippen LogP contribution in [0.5, 0.6) is 5.75 Å². The van der Waals surface area contributed by atoms with Gasteiger partial charge in [-0.05, 0) is 52.4 Å². The van der Waals surface area contributed by atoms with Crippen molar-refractivity contribution in [3.05, 3.63) is 106 Å². The van der Waals surface area contributed by atoms with E-state index in [1.165, 1.54) is 17.7 Å². The number of carbonyl (C=O) groups is 1. The molecule has 0 saturated heterocycles. The first-order valence-electron chi connectivity index (χ1n) is 11.4. The Bertz CT molecular complexity index is 1350. The lowest BCUT2D eigenvalue weighted by Gasteiger charge is -2.16. The van der Waals surface area contributed by atoms with Crippen molar-refractivity contribution in [2.24, 2.45) is 0 Å². The van der Waals surface area contributed by atoms with Crippen LogP contribution < -0.4 is 0 Å². The predicted molar refractivity (Wildman–Crippen MR) is 128 cm³/mol. The zero-order valence-corrected chi connectivity index (χ0v) is 18.9. The molecule has 6 heteroatoms. The molecule has 1 amide bonds. The van der Waals surface area contributed by atoms with Gasteiger partial charge in [0.05, 0.1) is 18.8 Å². The van der Waals surface area contributed by atoms with Crippen LogP contribution in [0.1, 0.15) is 45.1 Å². The number of nitrogens with zero attached hydrogens (tertiary/aromatic N) is 2. The van der Waals surface area contributed by atoms with Crippen LogP contribution in [0.2, 0.25) is 0 Å². The third-order valence-electron chi connectivity index (χ3n) is 6.34. The van der Waals surface area contributed by atoms with E-state index in [0.29, 0.717) is 25.2 Å². The molecule has 0 saturated carbocycles. The van der Waals surface area contributed by atoms with Crippen LogP contribution >= 0.6 is 0 Å². The monoisotopic (exact) mass is 456 g/mol. The summed E-state index contributed by atoms with van der Waals surface area (Å²) in [5.41, 5.74) is 5.45. The lowest BCUT2D eigenvalue weighted by molar-refractivity contribution is 0.0763. The van der Waals surface area contributed by atoms with E-state index in [2.05, 4.69) is 36.2 Å². The number of phenolic OH excluding ortho intramolecular Hbond substituents is 1. The number of carbonyl (C=O) groups excluding carboxylic acids is 1. The Balaban J connectivity index is 1.44. The maximum atomic E-state index is 13.3. The summed E-state index contributed by atoms with van der Waals surface area (Å²) in [6.45, 7) is 3.51. The molecule has 1 aromatic heterocycles. The number of aryl methyl sites for hydroxylation is 1. The lowest BCUT2D eigenvalue weighted by atomic mass is 9.97. The number of hydrogen-bond acceptors (Lipinski definition) is 4. The molecule has 4 aromatic rings.